The van der Waals surface area contributed by atoms with Crippen molar-refractivity contribution in [2.75, 3.05) is 32.1 Å². The van der Waals surface area contributed by atoms with Crippen molar-refractivity contribution >= 4 is 21.7 Å². The maximum atomic E-state index is 9.44. The topological polar surface area (TPSA) is 39.6 Å². The molecule has 1 aromatic heterocycles. The standard InChI is InChI=1S/C13H20BrN3O/c1-16-5-3-12(4-6-16)17(2)13-10(9-18)7-11(14)8-15-13/h7-8,12,18H,3-6,9H2,1-2H3. The first kappa shape index (κ1) is 13.8. The van der Waals surface area contributed by atoms with Crippen molar-refractivity contribution < 1.29 is 5.11 Å². The Morgan fingerprint density at radius 1 is 1.50 bits per heavy atom. The normalized spacial score (nSPS) is 18.0. The molecular weight excluding hydrogens is 294 g/mol. The number of aliphatic hydroxyl groups is 1. The highest BCUT2D eigenvalue weighted by Gasteiger charge is 2.22. The SMILES string of the molecule is CN1CCC(N(C)c2ncc(Br)cc2CO)CC1. The minimum atomic E-state index is 0.0265. The largest absolute Gasteiger partial charge is 0.392 e. The molecule has 0 aromatic carbocycles. The lowest BCUT2D eigenvalue weighted by Crippen LogP contribution is -2.42. The molecule has 0 spiro atoms. The summed E-state index contributed by atoms with van der Waals surface area (Å²) in [5.41, 5.74) is 0.880. The number of rotatable bonds is 3. The van der Waals surface area contributed by atoms with Crippen molar-refractivity contribution in [1.82, 2.24) is 9.88 Å². The molecule has 1 aliphatic heterocycles. The smallest absolute Gasteiger partial charge is 0.134 e. The molecule has 18 heavy (non-hydrogen) atoms. The number of anilines is 1. The molecule has 0 unspecified atom stereocenters. The number of hydrogen-bond donors (Lipinski definition) is 1. The van der Waals surface area contributed by atoms with E-state index in [0.29, 0.717) is 6.04 Å². The second-order valence-corrected chi connectivity index (χ2v) is 5.86. The van der Waals surface area contributed by atoms with E-state index >= 15 is 0 Å². The van der Waals surface area contributed by atoms with Gasteiger partial charge < -0.3 is 14.9 Å². The van der Waals surface area contributed by atoms with E-state index in [1.54, 1.807) is 6.20 Å². The molecule has 1 N–H and O–H groups in total. The number of hydrogen-bond acceptors (Lipinski definition) is 4. The molecule has 0 aliphatic carbocycles. The Morgan fingerprint density at radius 2 is 2.17 bits per heavy atom. The number of halogens is 1. The van der Waals surface area contributed by atoms with Crippen molar-refractivity contribution in [3.8, 4) is 0 Å². The fraction of sp³-hybridized carbons (Fsp3) is 0.615. The maximum Gasteiger partial charge on any atom is 0.134 e. The van der Waals surface area contributed by atoms with Crippen molar-refractivity contribution in [2.45, 2.75) is 25.5 Å². The Kier molecular flexibility index (Phi) is 4.59. The number of aliphatic hydroxyl groups excluding tert-OH is 1. The van der Waals surface area contributed by atoms with Crippen LogP contribution >= 0.6 is 15.9 Å². The van der Waals surface area contributed by atoms with Gasteiger partial charge in [-0.25, -0.2) is 4.98 Å². The van der Waals surface area contributed by atoms with Crippen LogP contribution in [0.25, 0.3) is 0 Å². The van der Waals surface area contributed by atoms with Gasteiger partial charge in [-0.2, -0.15) is 0 Å². The van der Waals surface area contributed by atoms with Crippen molar-refractivity contribution in [3.05, 3.63) is 22.3 Å². The molecule has 5 heteroatoms. The Balaban J connectivity index is 2.15. The van der Waals surface area contributed by atoms with Crippen LogP contribution in [-0.2, 0) is 6.61 Å². The van der Waals surface area contributed by atoms with Crippen LogP contribution in [0.5, 0.6) is 0 Å². The van der Waals surface area contributed by atoms with Crippen LogP contribution in [0.2, 0.25) is 0 Å². The molecule has 2 heterocycles. The molecule has 0 atom stereocenters. The van der Waals surface area contributed by atoms with Crippen molar-refractivity contribution in [1.29, 1.82) is 0 Å². The molecule has 100 valence electrons. The maximum absolute atomic E-state index is 9.44. The average molecular weight is 314 g/mol. The summed E-state index contributed by atoms with van der Waals surface area (Å²) in [4.78, 5) is 9.02. The van der Waals surface area contributed by atoms with E-state index in [-0.39, 0.29) is 6.61 Å². The van der Waals surface area contributed by atoms with Crippen LogP contribution in [0.15, 0.2) is 16.7 Å². The van der Waals surface area contributed by atoms with Gasteiger partial charge in [0.25, 0.3) is 0 Å². The third-order valence-corrected chi connectivity index (χ3v) is 4.08. The van der Waals surface area contributed by atoms with E-state index in [9.17, 15) is 5.11 Å². The zero-order chi connectivity index (χ0) is 13.1. The molecule has 0 radical (unpaired) electrons. The average Bonchev–Trinajstić information content (AvgIpc) is 2.38. The van der Waals surface area contributed by atoms with E-state index in [4.69, 9.17) is 0 Å². The summed E-state index contributed by atoms with van der Waals surface area (Å²) >= 11 is 3.39. The Morgan fingerprint density at radius 3 is 2.78 bits per heavy atom. The van der Waals surface area contributed by atoms with E-state index in [1.165, 1.54) is 0 Å². The predicted molar refractivity (Wildman–Crippen MR) is 76.8 cm³/mol. The van der Waals surface area contributed by atoms with E-state index in [1.807, 2.05) is 6.07 Å². The van der Waals surface area contributed by atoms with Gasteiger partial charge in [-0.05, 0) is 55.0 Å². The van der Waals surface area contributed by atoms with E-state index in [0.717, 1.165) is 41.8 Å². The van der Waals surface area contributed by atoms with Gasteiger partial charge in [-0.3, -0.25) is 0 Å². The molecule has 2 rings (SSSR count). The first-order chi connectivity index (χ1) is 8.61. The zero-order valence-electron chi connectivity index (χ0n) is 10.9. The Hall–Kier alpha value is -0.650. The van der Waals surface area contributed by atoms with Gasteiger partial charge in [0.2, 0.25) is 0 Å². The molecule has 4 nitrogen and oxygen atoms in total. The minimum Gasteiger partial charge on any atom is -0.392 e. The number of nitrogens with zero attached hydrogens (tertiary/aromatic N) is 3. The molecule has 0 bridgehead atoms. The number of piperidine rings is 1. The Bertz CT molecular complexity index is 405. The monoisotopic (exact) mass is 313 g/mol. The molecular formula is C13H20BrN3O. The summed E-state index contributed by atoms with van der Waals surface area (Å²) in [6, 6.07) is 2.45. The van der Waals surface area contributed by atoms with Crippen LogP contribution in [0, 0.1) is 0 Å². The van der Waals surface area contributed by atoms with Gasteiger partial charge in [0.1, 0.15) is 5.82 Å². The fourth-order valence-electron chi connectivity index (χ4n) is 2.46. The molecule has 1 saturated heterocycles. The van der Waals surface area contributed by atoms with Gasteiger partial charge in [-0.1, -0.05) is 0 Å². The molecule has 1 aromatic rings. The zero-order valence-corrected chi connectivity index (χ0v) is 12.5. The summed E-state index contributed by atoms with van der Waals surface area (Å²) in [6.07, 6.45) is 4.09. The summed E-state index contributed by atoms with van der Waals surface area (Å²) in [5.74, 6) is 0.898. The van der Waals surface area contributed by atoms with Crippen LogP contribution in [-0.4, -0.2) is 48.2 Å². The lowest BCUT2D eigenvalue weighted by molar-refractivity contribution is 0.251. The number of pyridine rings is 1. The minimum absolute atomic E-state index is 0.0265. The highest BCUT2D eigenvalue weighted by atomic mass is 79.9. The van der Waals surface area contributed by atoms with Gasteiger partial charge in [0.05, 0.1) is 6.61 Å². The van der Waals surface area contributed by atoms with Gasteiger partial charge in [-0.15, -0.1) is 0 Å². The van der Waals surface area contributed by atoms with Crippen LogP contribution in [0.1, 0.15) is 18.4 Å². The van der Waals surface area contributed by atoms with Crippen LogP contribution < -0.4 is 4.90 Å². The Labute approximate surface area is 117 Å². The van der Waals surface area contributed by atoms with Crippen LogP contribution in [0.3, 0.4) is 0 Å². The summed E-state index contributed by atoms with van der Waals surface area (Å²) in [7, 11) is 4.23. The van der Waals surface area contributed by atoms with E-state index < -0.39 is 0 Å². The quantitative estimate of drug-likeness (QED) is 0.924. The summed E-state index contributed by atoms with van der Waals surface area (Å²) < 4.78 is 0.909. The van der Waals surface area contributed by atoms with Crippen LogP contribution in [0.4, 0.5) is 5.82 Å². The molecule has 0 saturated carbocycles. The lowest BCUT2D eigenvalue weighted by atomic mass is 10.0. The molecule has 1 fully saturated rings. The molecule has 0 amide bonds. The first-order valence-corrected chi connectivity index (χ1v) is 7.07. The van der Waals surface area contributed by atoms with Crippen molar-refractivity contribution in [3.63, 3.8) is 0 Å². The highest BCUT2D eigenvalue weighted by molar-refractivity contribution is 9.10. The number of aromatic nitrogens is 1. The highest BCUT2D eigenvalue weighted by Crippen LogP contribution is 2.25. The van der Waals surface area contributed by atoms with Gasteiger partial charge in [0.15, 0.2) is 0 Å². The predicted octanol–water partition coefficient (Wildman–Crippen LogP) is 1.87. The summed E-state index contributed by atoms with van der Waals surface area (Å²) in [5, 5.41) is 9.44. The first-order valence-electron chi connectivity index (χ1n) is 6.28. The third kappa shape index (κ3) is 3.02. The van der Waals surface area contributed by atoms with Gasteiger partial charge in [0, 0.05) is 29.3 Å². The summed E-state index contributed by atoms with van der Waals surface area (Å²) in [6.45, 7) is 2.28. The second kappa shape index (κ2) is 5.99. The number of likely N-dealkylation sites (tertiary alicyclic amines) is 1. The second-order valence-electron chi connectivity index (χ2n) is 4.94. The fourth-order valence-corrected chi connectivity index (χ4v) is 2.84. The van der Waals surface area contributed by atoms with E-state index in [2.05, 4.69) is 44.8 Å². The molecule has 1 aliphatic rings. The third-order valence-electron chi connectivity index (χ3n) is 3.65. The lowest BCUT2D eigenvalue weighted by Gasteiger charge is -2.36. The van der Waals surface area contributed by atoms with Crippen molar-refractivity contribution in [2.24, 2.45) is 0 Å². The van der Waals surface area contributed by atoms with Gasteiger partial charge >= 0.3 is 0 Å².